The SMILES string of the molecule is O=C(Nc1ccc(Br)cc1)C1CCCN(Cc2nc(-c3ccc(Cl)cc3Cl)no2)C1. The third-order valence-corrected chi connectivity index (χ3v) is 6.06. The number of likely N-dealkylation sites (tertiary alicyclic amines) is 1. The number of hydrogen-bond acceptors (Lipinski definition) is 5. The molecule has 2 aromatic carbocycles. The van der Waals surface area contributed by atoms with Crippen molar-refractivity contribution in [3.8, 4) is 11.4 Å². The van der Waals surface area contributed by atoms with Crippen LogP contribution in [0.25, 0.3) is 11.4 Å². The summed E-state index contributed by atoms with van der Waals surface area (Å²) in [4.78, 5) is 19.3. The van der Waals surface area contributed by atoms with Gasteiger partial charge in [0.05, 0.1) is 17.5 Å². The van der Waals surface area contributed by atoms with Gasteiger partial charge in [-0.05, 0) is 61.9 Å². The van der Waals surface area contributed by atoms with Crippen LogP contribution in [0.2, 0.25) is 10.0 Å². The summed E-state index contributed by atoms with van der Waals surface area (Å²) < 4.78 is 6.39. The lowest BCUT2D eigenvalue weighted by molar-refractivity contribution is -0.121. The summed E-state index contributed by atoms with van der Waals surface area (Å²) in [5, 5.41) is 8.05. The summed E-state index contributed by atoms with van der Waals surface area (Å²) in [5.74, 6) is 0.856. The highest BCUT2D eigenvalue weighted by Gasteiger charge is 2.27. The molecule has 1 aromatic heterocycles. The van der Waals surface area contributed by atoms with E-state index >= 15 is 0 Å². The van der Waals surface area contributed by atoms with Crippen molar-refractivity contribution in [2.24, 2.45) is 5.92 Å². The van der Waals surface area contributed by atoms with E-state index in [1.807, 2.05) is 24.3 Å². The van der Waals surface area contributed by atoms with Gasteiger partial charge in [-0.3, -0.25) is 9.69 Å². The predicted octanol–water partition coefficient (Wildman–Crippen LogP) is 5.66. The molecule has 1 atom stereocenters. The first-order chi connectivity index (χ1) is 14.5. The second-order valence-corrected chi connectivity index (χ2v) is 8.97. The van der Waals surface area contributed by atoms with Gasteiger partial charge in [0.25, 0.3) is 0 Å². The van der Waals surface area contributed by atoms with Crippen LogP contribution in [0.3, 0.4) is 0 Å². The molecule has 4 rings (SSSR count). The highest BCUT2D eigenvalue weighted by molar-refractivity contribution is 9.10. The lowest BCUT2D eigenvalue weighted by atomic mass is 9.97. The Morgan fingerprint density at radius 1 is 1.23 bits per heavy atom. The van der Waals surface area contributed by atoms with Gasteiger partial charge in [0.1, 0.15) is 0 Å². The summed E-state index contributed by atoms with van der Waals surface area (Å²) in [6.45, 7) is 2.00. The maximum Gasteiger partial charge on any atom is 0.241 e. The van der Waals surface area contributed by atoms with Crippen LogP contribution in [0.5, 0.6) is 0 Å². The van der Waals surface area contributed by atoms with Crippen molar-refractivity contribution < 1.29 is 9.32 Å². The highest BCUT2D eigenvalue weighted by atomic mass is 79.9. The lowest BCUT2D eigenvalue weighted by Crippen LogP contribution is -2.40. The Hall–Kier alpha value is -1.93. The van der Waals surface area contributed by atoms with E-state index in [0.717, 1.165) is 29.5 Å². The van der Waals surface area contributed by atoms with E-state index in [1.165, 1.54) is 0 Å². The molecule has 1 fully saturated rings. The maximum absolute atomic E-state index is 12.7. The van der Waals surface area contributed by atoms with Crippen molar-refractivity contribution in [2.75, 3.05) is 18.4 Å². The van der Waals surface area contributed by atoms with E-state index in [4.69, 9.17) is 27.7 Å². The van der Waals surface area contributed by atoms with Crippen molar-refractivity contribution in [3.05, 3.63) is 62.9 Å². The first-order valence-corrected chi connectivity index (χ1v) is 11.1. The van der Waals surface area contributed by atoms with E-state index in [2.05, 4.69) is 36.3 Å². The van der Waals surface area contributed by atoms with E-state index in [0.29, 0.717) is 40.4 Å². The molecule has 30 heavy (non-hydrogen) atoms. The van der Waals surface area contributed by atoms with Gasteiger partial charge in [-0.15, -0.1) is 0 Å². The van der Waals surface area contributed by atoms with Gasteiger partial charge < -0.3 is 9.84 Å². The first-order valence-electron chi connectivity index (χ1n) is 9.55. The van der Waals surface area contributed by atoms with E-state index in [-0.39, 0.29) is 11.8 Å². The Bertz CT molecular complexity index is 1040. The smallest absolute Gasteiger partial charge is 0.241 e. The number of halogens is 3. The molecular weight excluding hydrogens is 491 g/mol. The number of benzene rings is 2. The van der Waals surface area contributed by atoms with Crippen molar-refractivity contribution >= 4 is 50.7 Å². The predicted molar refractivity (Wildman–Crippen MR) is 121 cm³/mol. The molecule has 0 spiro atoms. The number of aromatic nitrogens is 2. The molecule has 3 aromatic rings. The summed E-state index contributed by atoms with van der Waals surface area (Å²) in [5.41, 5.74) is 1.46. The standard InChI is InChI=1S/C21H19BrCl2N4O2/c22-14-3-6-16(7-4-14)25-21(29)13-2-1-9-28(11-13)12-19-26-20(27-30-19)17-8-5-15(23)10-18(17)24/h3-8,10,13H,1-2,9,11-12H2,(H,25,29). The van der Waals surface area contributed by atoms with Crippen molar-refractivity contribution in [3.63, 3.8) is 0 Å². The zero-order chi connectivity index (χ0) is 21.1. The van der Waals surface area contributed by atoms with Crippen molar-refractivity contribution in [1.82, 2.24) is 15.0 Å². The van der Waals surface area contributed by atoms with Gasteiger partial charge in [0, 0.05) is 27.3 Å². The molecule has 1 unspecified atom stereocenters. The van der Waals surface area contributed by atoms with E-state index in [1.54, 1.807) is 18.2 Å². The van der Waals surface area contributed by atoms with Gasteiger partial charge in [-0.25, -0.2) is 0 Å². The fraction of sp³-hybridized carbons (Fsp3) is 0.286. The minimum atomic E-state index is -0.0875. The van der Waals surface area contributed by atoms with Crippen LogP contribution in [-0.4, -0.2) is 34.0 Å². The Morgan fingerprint density at radius 3 is 2.80 bits per heavy atom. The first kappa shape index (κ1) is 21.3. The van der Waals surface area contributed by atoms with Crippen molar-refractivity contribution in [1.29, 1.82) is 0 Å². The average Bonchev–Trinajstić information content (AvgIpc) is 3.18. The molecule has 156 valence electrons. The van der Waals surface area contributed by atoms with Crippen molar-refractivity contribution in [2.45, 2.75) is 19.4 Å². The number of carbonyl (C=O) groups excluding carboxylic acids is 1. The van der Waals surface area contributed by atoms with Gasteiger partial charge in [-0.2, -0.15) is 4.98 Å². The summed E-state index contributed by atoms with van der Waals surface area (Å²) in [7, 11) is 0. The van der Waals surface area contributed by atoms with Crippen LogP contribution in [0.1, 0.15) is 18.7 Å². The largest absolute Gasteiger partial charge is 0.338 e. The fourth-order valence-electron chi connectivity index (χ4n) is 3.48. The van der Waals surface area contributed by atoms with Gasteiger partial charge >= 0.3 is 0 Å². The second kappa shape index (κ2) is 9.47. The quantitative estimate of drug-likeness (QED) is 0.480. The van der Waals surface area contributed by atoms with Gasteiger partial charge in [-0.1, -0.05) is 44.3 Å². The van der Waals surface area contributed by atoms with Crippen LogP contribution < -0.4 is 5.32 Å². The Labute approximate surface area is 192 Å². The maximum atomic E-state index is 12.7. The molecule has 6 nitrogen and oxygen atoms in total. The molecule has 0 saturated carbocycles. The average molecular weight is 510 g/mol. The number of anilines is 1. The zero-order valence-corrected chi connectivity index (χ0v) is 19.0. The van der Waals surface area contributed by atoms with Crippen LogP contribution in [0.15, 0.2) is 51.5 Å². The normalized spacial score (nSPS) is 17.1. The summed E-state index contributed by atoms with van der Waals surface area (Å²) >= 11 is 15.6. The number of piperidine rings is 1. The molecule has 1 aliphatic heterocycles. The number of amides is 1. The number of hydrogen-bond donors (Lipinski definition) is 1. The zero-order valence-electron chi connectivity index (χ0n) is 15.9. The Morgan fingerprint density at radius 2 is 2.03 bits per heavy atom. The monoisotopic (exact) mass is 508 g/mol. The molecule has 0 bridgehead atoms. The summed E-state index contributed by atoms with van der Waals surface area (Å²) in [6, 6.07) is 12.7. The highest BCUT2D eigenvalue weighted by Crippen LogP contribution is 2.29. The molecular formula is C21H19BrCl2N4O2. The van der Waals surface area contributed by atoms with Crippen LogP contribution in [0, 0.1) is 5.92 Å². The number of nitrogens with one attached hydrogen (secondary N) is 1. The second-order valence-electron chi connectivity index (χ2n) is 7.21. The lowest BCUT2D eigenvalue weighted by Gasteiger charge is -2.30. The topological polar surface area (TPSA) is 71.3 Å². The van der Waals surface area contributed by atoms with E-state index < -0.39 is 0 Å². The Kier molecular flexibility index (Phi) is 6.73. The molecule has 1 aliphatic rings. The molecule has 1 saturated heterocycles. The van der Waals surface area contributed by atoms with Gasteiger partial charge in [0.2, 0.25) is 17.6 Å². The van der Waals surface area contributed by atoms with Crippen LogP contribution >= 0.6 is 39.1 Å². The molecule has 2 heterocycles. The van der Waals surface area contributed by atoms with Gasteiger partial charge in [0.15, 0.2) is 0 Å². The van der Waals surface area contributed by atoms with Crippen LogP contribution in [-0.2, 0) is 11.3 Å². The number of nitrogens with zero attached hydrogens (tertiary/aromatic N) is 3. The molecule has 9 heteroatoms. The minimum Gasteiger partial charge on any atom is -0.338 e. The third kappa shape index (κ3) is 5.21. The molecule has 1 N–H and O–H groups in total. The third-order valence-electron chi connectivity index (χ3n) is 4.99. The fourth-order valence-corrected chi connectivity index (χ4v) is 4.24. The molecule has 0 aliphatic carbocycles. The van der Waals surface area contributed by atoms with E-state index in [9.17, 15) is 4.79 Å². The molecule has 1 amide bonds. The Balaban J connectivity index is 1.37. The minimum absolute atomic E-state index is 0.0289. The number of carbonyl (C=O) groups is 1. The molecule has 0 radical (unpaired) electrons. The van der Waals surface area contributed by atoms with Crippen LogP contribution in [0.4, 0.5) is 5.69 Å². The number of rotatable bonds is 5. The summed E-state index contributed by atoms with van der Waals surface area (Å²) in [6.07, 6.45) is 1.79.